The zero-order chi connectivity index (χ0) is 14.3. The lowest BCUT2D eigenvalue weighted by Crippen LogP contribution is -2.24. The zero-order valence-electron chi connectivity index (χ0n) is 12.0. The number of carbonyl (C=O) groups excluding carboxylic acids is 1. The SMILES string of the molecule is CN(C)C(=O)c1ccc(N(C)CCCCCN)nn1. The van der Waals surface area contributed by atoms with Crippen molar-refractivity contribution in [1.29, 1.82) is 0 Å². The monoisotopic (exact) mass is 265 g/mol. The standard InChI is InChI=1S/C13H23N5O/c1-17(2)13(19)11-7-8-12(16-15-11)18(3)10-6-4-5-9-14/h7-8H,4-6,9-10,14H2,1-3H3. The third-order valence-electron chi connectivity index (χ3n) is 2.86. The fraction of sp³-hybridized carbons (Fsp3) is 0.615. The van der Waals surface area contributed by atoms with Crippen LogP contribution < -0.4 is 10.6 Å². The molecule has 6 nitrogen and oxygen atoms in total. The maximum absolute atomic E-state index is 11.7. The van der Waals surface area contributed by atoms with Gasteiger partial charge in [-0.05, 0) is 31.5 Å². The van der Waals surface area contributed by atoms with Crippen molar-refractivity contribution in [2.24, 2.45) is 5.73 Å². The van der Waals surface area contributed by atoms with Crippen LogP contribution in [0.4, 0.5) is 5.82 Å². The average molecular weight is 265 g/mol. The number of amides is 1. The second kappa shape index (κ2) is 7.68. The first kappa shape index (κ1) is 15.4. The molecule has 0 fully saturated rings. The second-order valence-corrected chi connectivity index (χ2v) is 4.75. The molecule has 0 radical (unpaired) electrons. The second-order valence-electron chi connectivity index (χ2n) is 4.75. The third-order valence-corrected chi connectivity index (χ3v) is 2.86. The predicted octanol–water partition coefficient (Wildman–Crippen LogP) is 0.744. The first-order valence-electron chi connectivity index (χ1n) is 6.53. The van der Waals surface area contributed by atoms with Crippen LogP contribution in [0.25, 0.3) is 0 Å². The molecule has 0 spiro atoms. The van der Waals surface area contributed by atoms with Crippen LogP contribution in [0.3, 0.4) is 0 Å². The molecule has 0 bridgehead atoms. The average Bonchev–Trinajstić information content (AvgIpc) is 2.42. The Hall–Kier alpha value is -1.69. The molecule has 1 heterocycles. The number of anilines is 1. The Morgan fingerprint density at radius 3 is 2.42 bits per heavy atom. The van der Waals surface area contributed by atoms with E-state index in [1.54, 1.807) is 20.2 Å². The highest BCUT2D eigenvalue weighted by molar-refractivity contribution is 5.91. The number of hydrogen-bond acceptors (Lipinski definition) is 5. The number of nitrogens with two attached hydrogens (primary N) is 1. The minimum Gasteiger partial charge on any atom is -0.358 e. The van der Waals surface area contributed by atoms with Crippen molar-refractivity contribution < 1.29 is 4.79 Å². The number of carbonyl (C=O) groups is 1. The number of hydrogen-bond donors (Lipinski definition) is 1. The molecule has 0 aliphatic carbocycles. The maximum Gasteiger partial charge on any atom is 0.273 e. The molecule has 0 saturated heterocycles. The predicted molar refractivity (Wildman–Crippen MR) is 76.2 cm³/mol. The zero-order valence-corrected chi connectivity index (χ0v) is 12.0. The topological polar surface area (TPSA) is 75.4 Å². The minimum absolute atomic E-state index is 0.135. The molecule has 2 N–H and O–H groups in total. The molecule has 0 saturated carbocycles. The summed E-state index contributed by atoms with van der Waals surface area (Å²) in [4.78, 5) is 15.2. The van der Waals surface area contributed by atoms with Crippen molar-refractivity contribution in [2.45, 2.75) is 19.3 Å². The Morgan fingerprint density at radius 1 is 1.16 bits per heavy atom. The van der Waals surface area contributed by atoms with Gasteiger partial charge < -0.3 is 15.5 Å². The van der Waals surface area contributed by atoms with E-state index < -0.39 is 0 Å². The van der Waals surface area contributed by atoms with Gasteiger partial charge in [-0.1, -0.05) is 6.42 Å². The Kier molecular flexibility index (Phi) is 6.21. The largest absolute Gasteiger partial charge is 0.358 e. The van der Waals surface area contributed by atoms with Crippen LogP contribution in [-0.2, 0) is 0 Å². The van der Waals surface area contributed by atoms with Gasteiger partial charge in [-0.3, -0.25) is 4.79 Å². The smallest absolute Gasteiger partial charge is 0.273 e. The van der Waals surface area contributed by atoms with Gasteiger partial charge in [0.15, 0.2) is 11.5 Å². The fourth-order valence-corrected chi connectivity index (χ4v) is 1.66. The normalized spacial score (nSPS) is 10.3. The van der Waals surface area contributed by atoms with E-state index in [-0.39, 0.29) is 5.91 Å². The Morgan fingerprint density at radius 2 is 1.89 bits per heavy atom. The molecule has 1 aromatic rings. The quantitative estimate of drug-likeness (QED) is 0.736. The van der Waals surface area contributed by atoms with Crippen LogP contribution in [-0.4, -0.2) is 55.2 Å². The van der Waals surface area contributed by atoms with Gasteiger partial charge in [0.25, 0.3) is 5.91 Å². The summed E-state index contributed by atoms with van der Waals surface area (Å²) < 4.78 is 0. The number of nitrogens with zero attached hydrogens (tertiary/aromatic N) is 4. The van der Waals surface area contributed by atoms with Crippen LogP contribution in [0.2, 0.25) is 0 Å². The Labute approximate surface area is 114 Å². The van der Waals surface area contributed by atoms with Gasteiger partial charge in [0.05, 0.1) is 0 Å². The van der Waals surface area contributed by atoms with Gasteiger partial charge in [-0.15, -0.1) is 10.2 Å². The van der Waals surface area contributed by atoms with Gasteiger partial charge >= 0.3 is 0 Å². The number of rotatable bonds is 7. The van der Waals surface area contributed by atoms with Crippen molar-refractivity contribution >= 4 is 11.7 Å². The van der Waals surface area contributed by atoms with Gasteiger partial charge in [0.2, 0.25) is 0 Å². The molecule has 0 aromatic carbocycles. The lowest BCUT2D eigenvalue weighted by molar-refractivity contribution is 0.0821. The van der Waals surface area contributed by atoms with Crippen molar-refractivity contribution in [3.05, 3.63) is 17.8 Å². The molecule has 1 aromatic heterocycles. The lowest BCUT2D eigenvalue weighted by atomic mass is 10.2. The molecule has 0 atom stereocenters. The first-order valence-corrected chi connectivity index (χ1v) is 6.53. The maximum atomic E-state index is 11.7. The van der Waals surface area contributed by atoms with E-state index in [2.05, 4.69) is 10.2 Å². The number of aromatic nitrogens is 2. The van der Waals surface area contributed by atoms with E-state index in [1.165, 1.54) is 4.90 Å². The number of unbranched alkanes of at least 4 members (excludes halogenated alkanes) is 2. The van der Waals surface area contributed by atoms with Crippen LogP contribution in [0, 0.1) is 0 Å². The summed E-state index contributed by atoms with van der Waals surface area (Å²) >= 11 is 0. The molecule has 1 amide bonds. The van der Waals surface area contributed by atoms with Gasteiger partial charge in [-0.2, -0.15) is 0 Å². The van der Waals surface area contributed by atoms with E-state index in [1.807, 2.05) is 18.0 Å². The Bertz CT molecular complexity index is 391. The first-order chi connectivity index (χ1) is 9.06. The molecule has 1 rings (SSSR count). The summed E-state index contributed by atoms with van der Waals surface area (Å²) in [5, 5.41) is 8.05. The van der Waals surface area contributed by atoms with Crippen molar-refractivity contribution in [3.63, 3.8) is 0 Å². The van der Waals surface area contributed by atoms with Gasteiger partial charge in [0, 0.05) is 27.7 Å². The van der Waals surface area contributed by atoms with E-state index in [0.29, 0.717) is 5.69 Å². The highest BCUT2D eigenvalue weighted by Crippen LogP contribution is 2.09. The summed E-state index contributed by atoms with van der Waals surface area (Å²) in [7, 11) is 5.36. The summed E-state index contributed by atoms with van der Waals surface area (Å²) in [5.41, 5.74) is 5.82. The molecule has 106 valence electrons. The summed E-state index contributed by atoms with van der Waals surface area (Å²) in [6.07, 6.45) is 3.25. The highest BCUT2D eigenvalue weighted by atomic mass is 16.2. The van der Waals surface area contributed by atoms with Crippen LogP contribution in [0.5, 0.6) is 0 Å². The van der Waals surface area contributed by atoms with Crippen LogP contribution in [0.1, 0.15) is 29.8 Å². The molecular weight excluding hydrogens is 242 g/mol. The van der Waals surface area contributed by atoms with E-state index >= 15 is 0 Å². The summed E-state index contributed by atoms with van der Waals surface area (Å²) in [6.45, 7) is 1.65. The van der Waals surface area contributed by atoms with Crippen LogP contribution >= 0.6 is 0 Å². The van der Waals surface area contributed by atoms with Crippen LogP contribution in [0.15, 0.2) is 12.1 Å². The molecular formula is C13H23N5O. The molecule has 6 heteroatoms. The van der Waals surface area contributed by atoms with Crippen molar-refractivity contribution in [3.8, 4) is 0 Å². The third kappa shape index (κ3) is 4.82. The molecule has 0 aliphatic heterocycles. The van der Waals surface area contributed by atoms with E-state index in [4.69, 9.17) is 5.73 Å². The fourth-order valence-electron chi connectivity index (χ4n) is 1.66. The van der Waals surface area contributed by atoms with Gasteiger partial charge in [0.1, 0.15) is 0 Å². The van der Waals surface area contributed by atoms with Crippen molar-refractivity contribution in [2.75, 3.05) is 39.1 Å². The summed E-state index contributed by atoms with van der Waals surface area (Å²) in [6, 6.07) is 3.54. The van der Waals surface area contributed by atoms with Crippen molar-refractivity contribution in [1.82, 2.24) is 15.1 Å². The molecule has 0 unspecified atom stereocenters. The minimum atomic E-state index is -0.135. The Balaban J connectivity index is 2.53. The molecule has 0 aliphatic rings. The van der Waals surface area contributed by atoms with E-state index in [0.717, 1.165) is 38.2 Å². The highest BCUT2D eigenvalue weighted by Gasteiger charge is 2.11. The van der Waals surface area contributed by atoms with E-state index in [9.17, 15) is 4.79 Å². The summed E-state index contributed by atoms with van der Waals surface area (Å²) in [5.74, 6) is 0.646. The lowest BCUT2D eigenvalue weighted by Gasteiger charge is -2.17. The van der Waals surface area contributed by atoms with Gasteiger partial charge in [-0.25, -0.2) is 0 Å². The molecule has 19 heavy (non-hydrogen) atoms.